The van der Waals surface area contributed by atoms with Crippen LogP contribution in [-0.4, -0.2) is 21.8 Å². The topological polar surface area (TPSA) is 98.2 Å². The molecule has 2 heterocycles. The van der Waals surface area contributed by atoms with Crippen molar-refractivity contribution < 1.29 is 18.5 Å². The number of hydrogen-bond acceptors (Lipinski definition) is 6. The van der Waals surface area contributed by atoms with Crippen LogP contribution in [0, 0.1) is 6.92 Å². The van der Waals surface area contributed by atoms with Crippen LogP contribution in [0.25, 0.3) is 0 Å². The molecule has 1 N–H and O–H groups in total. The number of Topliss-reactive ketones (excluding diaryl/α,β-unsaturated/α-hetero) is 1. The van der Waals surface area contributed by atoms with E-state index in [1.807, 2.05) is 0 Å². The van der Waals surface area contributed by atoms with E-state index in [-0.39, 0.29) is 17.5 Å². The minimum Gasteiger partial charge on any atom is -0.455 e. The first-order valence-electron chi connectivity index (χ1n) is 9.34. The summed E-state index contributed by atoms with van der Waals surface area (Å²) >= 11 is 0. The van der Waals surface area contributed by atoms with Crippen molar-refractivity contribution in [1.29, 1.82) is 0 Å². The number of aryl methyl sites for hydroxylation is 1. The minimum absolute atomic E-state index is 0.0534. The molecule has 26 heavy (non-hydrogen) atoms. The van der Waals surface area contributed by atoms with E-state index >= 15 is 0 Å². The molecule has 138 valence electrons. The molecule has 0 saturated heterocycles. The van der Waals surface area contributed by atoms with Crippen molar-refractivity contribution >= 4 is 11.7 Å². The second-order valence-electron chi connectivity index (χ2n) is 7.30. The second-order valence-corrected chi connectivity index (χ2v) is 7.30. The summed E-state index contributed by atoms with van der Waals surface area (Å²) in [5.41, 5.74) is 1.20. The normalized spacial score (nSPS) is 18.8. The number of ketones is 1. The van der Waals surface area contributed by atoms with Crippen molar-refractivity contribution in [1.82, 2.24) is 15.5 Å². The predicted molar refractivity (Wildman–Crippen MR) is 92.1 cm³/mol. The Hall–Kier alpha value is -2.44. The number of nitrogens with zero attached hydrogens (tertiary/aromatic N) is 2. The molecule has 1 unspecified atom stereocenters. The molecule has 0 aliphatic heterocycles. The van der Waals surface area contributed by atoms with Crippen LogP contribution < -0.4 is 5.32 Å². The van der Waals surface area contributed by atoms with Gasteiger partial charge in [0.25, 0.3) is 5.91 Å². The van der Waals surface area contributed by atoms with Crippen molar-refractivity contribution in [2.75, 3.05) is 0 Å². The first-order chi connectivity index (χ1) is 12.5. The average Bonchev–Trinajstić information content (AvgIpc) is 3.34. The van der Waals surface area contributed by atoms with Gasteiger partial charge in [-0.25, -0.2) is 0 Å². The number of rotatable bonds is 4. The minimum atomic E-state index is -0.428. The highest BCUT2D eigenvalue weighted by molar-refractivity contribution is 6.03. The van der Waals surface area contributed by atoms with Crippen molar-refractivity contribution in [3.05, 3.63) is 34.4 Å². The summed E-state index contributed by atoms with van der Waals surface area (Å²) in [6.45, 7) is 3.56. The highest BCUT2D eigenvalue weighted by Crippen LogP contribution is 2.33. The molecule has 0 aromatic carbocycles. The lowest BCUT2D eigenvalue weighted by molar-refractivity contribution is 0.0899. The largest absolute Gasteiger partial charge is 0.455 e. The van der Waals surface area contributed by atoms with Gasteiger partial charge in [0.15, 0.2) is 17.4 Å². The van der Waals surface area contributed by atoms with Crippen LogP contribution in [0.15, 0.2) is 8.94 Å². The first kappa shape index (κ1) is 17.0. The molecule has 2 aromatic heterocycles. The third kappa shape index (κ3) is 2.95. The number of furan rings is 1. The van der Waals surface area contributed by atoms with E-state index in [4.69, 9.17) is 8.94 Å². The van der Waals surface area contributed by atoms with Gasteiger partial charge in [-0.2, -0.15) is 4.98 Å². The third-order valence-electron chi connectivity index (χ3n) is 5.41. The quantitative estimate of drug-likeness (QED) is 0.897. The Morgan fingerprint density at radius 1 is 1.23 bits per heavy atom. The molecular weight excluding hydrogens is 334 g/mol. The van der Waals surface area contributed by atoms with Gasteiger partial charge in [0.05, 0.1) is 5.56 Å². The predicted octanol–water partition coefficient (Wildman–Crippen LogP) is 3.64. The number of fused-ring (bicyclic) bond motifs is 1. The van der Waals surface area contributed by atoms with Gasteiger partial charge in [0.2, 0.25) is 5.89 Å². The molecular formula is C19H23N3O4. The Kier molecular flexibility index (Phi) is 4.38. The van der Waals surface area contributed by atoms with Crippen LogP contribution in [0.5, 0.6) is 0 Å². The Labute approximate surface area is 151 Å². The van der Waals surface area contributed by atoms with E-state index in [1.54, 1.807) is 13.8 Å². The molecule has 4 rings (SSSR count). The van der Waals surface area contributed by atoms with Crippen molar-refractivity contribution in [2.24, 2.45) is 0 Å². The smallest absolute Gasteiger partial charge is 0.287 e. The van der Waals surface area contributed by atoms with E-state index in [9.17, 15) is 9.59 Å². The van der Waals surface area contributed by atoms with Gasteiger partial charge in [-0.1, -0.05) is 18.0 Å². The maximum atomic E-state index is 12.6. The molecule has 1 fully saturated rings. The number of aromatic nitrogens is 2. The van der Waals surface area contributed by atoms with Gasteiger partial charge in [-0.3, -0.25) is 9.59 Å². The Bertz CT molecular complexity index is 845. The standard InChI is InChI=1S/C19H23N3O4/c1-10-15-13(23)8-5-9-14(15)25-16(10)18(24)20-11(2)19-21-17(22-26-19)12-6-3-4-7-12/h11-12H,3-9H2,1-2H3,(H,20,24). The summed E-state index contributed by atoms with van der Waals surface area (Å²) in [6, 6.07) is -0.428. The summed E-state index contributed by atoms with van der Waals surface area (Å²) in [7, 11) is 0. The van der Waals surface area contributed by atoms with Crippen LogP contribution in [-0.2, 0) is 6.42 Å². The van der Waals surface area contributed by atoms with E-state index < -0.39 is 6.04 Å². The van der Waals surface area contributed by atoms with E-state index in [2.05, 4.69) is 15.5 Å². The fraction of sp³-hybridized carbons (Fsp3) is 0.579. The van der Waals surface area contributed by atoms with Crippen LogP contribution >= 0.6 is 0 Å². The van der Waals surface area contributed by atoms with Crippen LogP contribution in [0.2, 0.25) is 0 Å². The Morgan fingerprint density at radius 3 is 2.73 bits per heavy atom. The van der Waals surface area contributed by atoms with E-state index in [0.29, 0.717) is 41.5 Å². The fourth-order valence-corrected chi connectivity index (χ4v) is 3.96. The third-order valence-corrected chi connectivity index (χ3v) is 5.41. The molecule has 7 nitrogen and oxygen atoms in total. The van der Waals surface area contributed by atoms with Crippen LogP contribution in [0.4, 0.5) is 0 Å². The summed E-state index contributed by atoms with van der Waals surface area (Å²) in [4.78, 5) is 29.2. The Balaban J connectivity index is 1.49. The van der Waals surface area contributed by atoms with Gasteiger partial charge in [0.1, 0.15) is 11.8 Å². The first-order valence-corrected chi connectivity index (χ1v) is 9.34. The average molecular weight is 357 g/mol. The lowest BCUT2D eigenvalue weighted by Gasteiger charge is -2.08. The van der Waals surface area contributed by atoms with Gasteiger partial charge in [-0.15, -0.1) is 0 Å². The molecule has 0 bridgehead atoms. The van der Waals surface area contributed by atoms with E-state index in [0.717, 1.165) is 25.1 Å². The van der Waals surface area contributed by atoms with Crippen LogP contribution in [0.3, 0.4) is 0 Å². The lowest BCUT2D eigenvalue weighted by atomic mass is 9.94. The number of amides is 1. The SMILES string of the molecule is Cc1c(C(=O)NC(C)c2nc(C3CCCC3)no2)oc2c1C(=O)CCC2. The number of carbonyl (C=O) groups is 2. The highest BCUT2D eigenvalue weighted by atomic mass is 16.5. The molecule has 1 atom stereocenters. The molecule has 1 amide bonds. The fourth-order valence-electron chi connectivity index (χ4n) is 3.96. The number of nitrogens with one attached hydrogen (secondary N) is 1. The molecule has 2 aliphatic rings. The summed E-state index contributed by atoms with van der Waals surface area (Å²) in [6.07, 6.45) is 6.54. The van der Waals surface area contributed by atoms with Gasteiger partial charge in [0, 0.05) is 24.3 Å². The van der Waals surface area contributed by atoms with Crippen LogP contribution in [0.1, 0.15) is 101 Å². The summed E-state index contributed by atoms with van der Waals surface area (Å²) < 4.78 is 11.0. The molecule has 1 saturated carbocycles. The second kappa shape index (κ2) is 6.70. The molecule has 0 spiro atoms. The summed E-state index contributed by atoms with van der Waals surface area (Å²) in [5, 5.41) is 6.92. The monoisotopic (exact) mass is 357 g/mol. The Morgan fingerprint density at radius 2 is 2.00 bits per heavy atom. The molecule has 2 aromatic rings. The van der Waals surface area contributed by atoms with Gasteiger partial charge in [-0.05, 0) is 33.1 Å². The number of hydrogen-bond donors (Lipinski definition) is 1. The zero-order valence-electron chi connectivity index (χ0n) is 15.1. The summed E-state index contributed by atoms with van der Waals surface area (Å²) in [5.74, 6) is 2.00. The van der Waals surface area contributed by atoms with Crippen molar-refractivity contribution in [3.63, 3.8) is 0 Å². The van der Waals surface area contributed by atoms with Gasteiger partial charge >= 0.3 is 0 Å². The molecule has 2 aliphatic carbocycles. The lowest BCUT2D eigenvalue weighted by Crippen LogP contribution is -2.27. The van der Waals surface area contributed by atoms with Crippen molar-refractivity contribution in [2.45, 2.75) is 70.8 Å². The maximum Gasteiger partial charge on any atom is 0.287 e. The number of carbonyl (C=O) groups excluding carboxylic acids is 2. The van der Waals surface area contributed by atoms with Gasteiger partial charge < -0.3 is 14.3 Å². The van der Waals surface area contributed by atoms with E-state index in [1.165, 1.54) is 12.8 Å². The maximum absolute atomic E-state index is 12.6. The molecule has 0 radical (unpaired) electrons. The molecule has 7 heteroatoms. The highest BCUT2D eigenvalue weighted by Gasteiger charge is 2.30. The van der Waals surface area contributed by atoms with Crippen molar-refractivity contribution in [3.8, 4) is 0 Å². The zero-order valence-corrected chi connectivity index (χ0v) is 15.1. The zero-order chi connectivity index (χ0) is 18.3.